The maximum atomic E-state index is 4.56. The molecule has 0 N–H and O–H groups in total. The summed E-state index contributed by atoms with van der Waals surface area (Å²) in [6, 6.07) is 6.59. The van der Waals surface area contributed by atoms with Crippen LogP contribution < -0.4 is 0 Å². The largest absolute Gasteiger partial charge is 0.258 e. The summed E-state index contributed by atoms with van der Waals surface area (Å²) in [7, 11) is 0. The van der Waals surface area contributed by atoms with E-state index in [1.54, 1.807) is 0 Å². The molecule has 0 aromatic heterocycles. The predicted octanol–water partition coefficient (Wildman–Crippen LogP) is 3.92. The minimum Gasteiger partial charge on any atom is -0.258 e. The van der Waals surface area contributed by atoms with Gasteiger partial charge in [-0.15, -0.1) is 0 Å². The van der Waals surface area contributed by atoms with Crippen molar-refractivity contribution in [3.63, 3.8) is 0 Å². The highest BCUT2D eigenvalue weighted by Gasteiger charge is 2.00. The second kappa shape index (κ2) is 4.94. The molecular weight excluding hydrogens is 170 g/mol. The Hall–Kier alpha value is -1.11. The van der Waals surface area contributed by atoms with Crippen LogP contribution in [0.3, 0.4) is 0 Å². The van der Waals surface area contributed by atoms with Crippen LogP contribution in [0.15, 0.2) is 23.2 Å². The third-order valence-electron chi connectivity index (χ3n) is 2.28. The number of aryl methyl sites for hydroxylation is 2. The van der Waals surface area contributed by atoms with Gasteiger partial charge in [-0.1, -0.05) is 26.0 Å². The number of aliphatic imine (C=N–C) groups is 1. The summed E-state index contributed by atoms with van der Waals surface area (Å²) in [4.78, 5) is 4.56. The smallest absolute Gasteiger partial charge is 0.0663 e. The van der Waals surface area contributed by atoms with Crippen molar-refractivity contribution >= 4 is 11.4 Å². The van der Waals surface area contributed by atoms with E-state index in [-0.39, 0.29) is 0 Å². The highest BCUT2D eigenvalue weighted by Crippen LogP contribution is 2.22. The Balaban J connectivity index is 3.15. The molecule has 0 saturated heterocycles. The highest BCUT2D eigenvalue weighted by atomic mass is 14.7. The predicted molar refractivity (Wildman–Crippen MR) is 63.6 cm³/mol. The van der Waals surface area contributed by atoms with E-state index in [9.17, 15) is 0 Å². The normalized spacial score (nSPS) is 10.0. The average Bonchev–Trinajstić information content (AvgIpc) is 2.16. The van der Waals surface area contributed by atoms with Gasteiger partial charge in [-0.3, -0.25) is 4.99 Å². The Bertz CT molecular complexity index is 333. The lowest BCUT2D eigenvalue weighted by Crippen LogP contribution is -1.88. The molecule has 1 aromatic rings. The van der Waals surface area contributed by atoms with Gasteiger partial charge in [0.2, 0.25) is 0 Å². The number of hydrogen-bond donors (Lipinski definition) is 0. The topological polar surface area (TPSA) is 12.4 Å². The van der Waals surface area contributed by atoms with Crippen molar-refractivity contribution in [2.45, 2.75) is 40.5 Å². The van der Waals surface area contributed by atoms with Crippen molar-refractivity contribution in [1.29, 1.82) is 0 Å². The van der Waals surface area contributed by atoms with Crippen LogP contribution >= 0.6 is 0 Å². The Morgan fingerprint density at radius 1 is 1.14 bits per heavy atom. The molecule has 0 saturated carbocycles. The fourth-order valence-corrected chi connectivity index (χ4v) is 1.47. The quantitative estimate of drug-likeness (QED) is 0.639. The molecule has 0 spiro atoms. The van der Waals surface area contributed by atoms with Crippen molar-refractivity contribution in [3.8, 4) is 0 Å². The van der Waals surface area contributed by atoms with E-state index >= 15 is 0 Å². The molecule has 0 aliphatic heterocycles. The summed E-state index contributed by atoms with van der Waals surface area (Å²) >= 11 is 0. The summed E-state index contributed by atoms with van der Waals surface area (Å²) in [6.07, 6.45) is 2.13. The number of benzene rings is 1. The van der Waals surface area contributed by atoms with Gasteiger partial charge in [-0.05, 0) is 43.9 Å². The summed E-state index contributed by atoms with van der Waals surface area (Å²) in [5.74, 6) is 0. The Kier molecular flexibility index (Phi) is 3.87. The minimum absolute atomic E-state index is 1.05. The SMILES string of the molecule is CCc1ccc(CC)c(N=C(C)C)c1. The standard InChI is InChI=1S/C13H19N/c1-5-11-7-8-12(6-2)13(9-11)14-10(3)4/h7-9H,5-6H2,1-4H3. The molecule has 1 nitrogen and oxygen atoms in total. The Labute approximate surface area is 86.9 Å². The van der Waals surface area contributed by atoms with E-state index < -0.39 is 0 Å². The van der Waals surface area contributed by atoms with E-state index in [0.717, 1.165) is 24.2 Å². The van der Waals surface area contributed by atoms with E-state index in [2.05, 4.69) is 37.0 Å². The first-order valence-electron chi connectivity index (χ1n) is 5.31. The second-order valence-corrected chi connectivity index (χ2v) is 3.73. The van der Waals surface area contributed by atoms with Crippen LogP contribution in [-0.4, -0.2) is 5.71 Å². The molecule has 1 aromatic carbocycles. The molecule has 0 unspecified atom stereocenters. The number of rotatable bonds is 3. The molecular formula is C13H19N. The first kappa shape index (κ1) is 11.0. The number of nitrogens with zero attached hydrogens (tertiary/aromatic N) is 1. The monoisotopic (exact) mass is 189 g/mol. The van der Waals surface area contributed by atoms with Crippen LogP contribution in [0.1, 0.15) is 38.8 Å². The van der Waals surface area contributed by atoms with Crippen molar-refractivity contribution in [3.05, 3.63) is 29.3 Å². The molecule has 0 fully saturated rings. The molecule has 0 bridgehead atoms. The van der Waals surface area contributed by atoms with Crippen molar-refractivity contribution in [2.24, 2.45) is 4.99 Å². The van der Waals surface area contributed by atoms with Crippen LogP contribution in [0, 0.1) is 0 Å². The van der Waals surface area contributed by atoms with E-state index in [0.29, 0.717) is 0 Å². The number of hydrogen-bond acceptors (Lipinski definition) is 1. The van der Waals surface area contributed by atoms with Gasteiger partial charge in [0.15, 0.2) is 0 Å². The fourth-order valence-electron chi connectivity index (χ4n) is 1.47. The molecule has 14 heavy (non-hydrogen) atoms. The van der Waals surface area contributed by atoms with Crippen LogP contribution in [0.4, 0.5) is 5.69 Å². The van der Waals surface area contributed by atoms with E-state index in [4.69, 9.17) is 0 Å². The molecule has 0 radical (unpaired) electrons. The van der Waals surface area contributed by atoms with Crippen LogP contribution in [0.25, 0.3) is 0 Å². The van der Waals surface area contributed by atoms with Gasteiger partial charge < -0.3 is 0 Å². The summed E-state index contributed by atoms with van der Waals surface area (Å²) in [5.41, 5.74) is 4.96. The maximum Gasteiger partial charge on any atom is 0.0663 e. The van der Waals surface area contributed by atoms with Gasteiger partial charge in [0.1, 0.15) is 0 Å². The van der Waals surface area contributed by atoms with E-state index in [1.807, 2.05) is 13.8 Å². The Morgan fingerprint density at radius 3 is 2.36 bits per heavy atom. The van der Waals surface area contributed by atoms with Crippen molar-refractivity contribution < 1.29 is 0 Å². The zero-order chi connectivity index (χ0) is 10.6. The maximum absolute atomic E-state index is 4.56. The van der Waals surface area contributed by atoms with Crippen molar-refractivity contribution in [2.75, 3.05) is 0 Å². The zero-order valence-corrected chi connectivity index (χ0v) is 9.59. The minimum atomic E-state index is 1.05. The molecule has 0 amide bonds. The third kappa shape index (κ3) is 2.69. The average molecular weight is 189 g/mol. The molecule has 0 aliphatic rings. The molecule has 1 rings (SSSR count). The van der Waals surface area contributed by atoms with Gasteiger partial charge >= 0.3 is 0 Å². The van der Waals surface area contributed by atoms with Gasteiger partial charge in [0.05, 0.1) is 5.69 Å². The molecule has 1 heteroatoms. The van der Waals surface area contributed by atoms with Crippen LogP contribution in [0.5, 0.6) is 0 Å². The summed E-state index contributed by atoms with van der Waals surface area (Å²) in [5, 5.41) is 0. The molecule has 0 aliphatic carbocycles. The summed E-state index contributed by atoms with van der Waals surface area (Å²) < 4.78 is 0. The lowest BCUT2D eigenvalue weighted by molar-refractivity contribution is 1.09. The van der Waals surface area contributed by atoms with Gasteiger partial charge in [-0.2, -0.15) is 0 Å². The first-order valence-corrected chi connectivity index (χ1v) is 5.31. The van der Waals surface area contributed by atoms with Gasteiger partial charge in [0, 0.05) is 5.71 Å². The van der Waals surface area contributed by atoms with Crippen LogP contribution in [0.2, 0.25) is 0 Å². The molecule has 0 atom stereocenters. The Morgan fingerprint density at radius 2 is 1.86 bits per heavy atom. The highest BCUT2D eigenvalue weighted by molar-refractivity contribution is 5.82. The lowest BCUT2D eigenvalue weighted by Gasteiger charge is -2.05. The van der Waals surface area contributed by atoms with Gasteiger partial charge in [-0.25, -0.2) is 0 Å². The van der Waals surface area contributed by atoms with Crippen LogP contribution in [-0.2, 0) is 12.8 Å². The molecule has 76 valence electrons. The molecule has 0 heterocycles. The van der Waals surface area contributed by atoms with E-state index in [1.165, 1.54) is 11.1 Å². The first-order chi connectivity index (χ1) is 6.67. The fraction of sp³-hybridized carbons (Fsp3) is 0.462. The third-order valence-corrected chi connectivity index (χ3v) is 2.28. The second-order valence-electron chi connectivity index (χ2n) is 3.73. The zero-order valence-electron chi connectivity index (χ0n) is 9.59. The van der Waals surface area contributed by atoms with Crippen molar-refractivity contribution in [1.82, 2.24) is 0 Å². The lowest BCUT2D eigenvalue weighted by atomic mass is 10.1. The summed E-state index contributed by atoms with van der Waals surface area (Å²) in [6.45, 7) is 8.42. The van der Waals surface area contributed by atoms with Gasteiger partial charge in [0.25, 0.3) is 0 Å².